The van der Waals surface area contributed by atoms with Crippen molar-refractivity contribution in [2.45, 2.75) is 70.8 Å². The van der Waals surface area contributed by atoms with Crippen LogP contribution < -0.4 is 0 Å². The fourth-order valence-corrected chi connectivity index (χ4v) is 6.31. The molecule has 2 aromatic carbocycles. The molecule has 0 radical (unpaired) electrons. The van der Waals surface area contributed by atoms with Gasteiger partial charge in [-0.2, -0.15) is 0 Å². The van der Waals surface area contributed by atoms with Gasteiger partial charge in [0.2, 0.25) is 0 Å². The van der Waals surface area contributed by atoms with Crippen LogP contribution in [0, 0.1) is 16.0 Å². The highest BCUT2D eigenvalue weighted by Crippen LogP contribution is 2.38. The zero-order valence-corrected chi connectivity index (χ0v) is 24.5. The molecule has 1 aromatic heterocycles. The lowest BCUT2D eigenvalue weighted by atomic mass is 9.89. The second kappa shape index (κ2) is 14.7. The zero-order chi connectivity index (χ0) is 29.2. The first kappa shape index (κ1) is 30.2. The van der Waals surface area contributed by atoms with E-state index >= 15 is 0 Å². The molecule has 0 N–H and O–H groups in total. The lowest BCUT2D eigenvalue weighted by molar-refractivity contribution is -0.384. The Morgan fingerprint density at radius 3 is 2.44 bits per heavy atom. The second-order valence-electron chi connectivity index (χ2n) is 10.4. The molecule has 0 saturated carbocycles. The van der Waals surface area contributed by atoms with E-state index in [-0.39, 0.29) is 17.8 Å². The molecule has 1 unspecified atom stereocenters. The van der Waals surface area contributed by atoms with Gasteiger partial charge in [-0.1, -0.05) is 50.1 Å². The lowest BCUT2D eigenvalue weighted by Gasteiger charge is -2.20. The third kappa shape index (κ3) is 8.13. The number of allylic oxidation sites excluding steroid dienone is 2. The minimum Gasteiger partial charge on any atom is -0.465 e. The first-order chi connectivity index (χ1) is 19.9. The Kier molecular flexibility index (Phi) is 10.8. The Morgan fingerprint density at radius 1 is 1.00 bits per heavy atom. The summed E-state index contributed by atoms with van der Waals surface area (Å²) in [5.41, 5.74) is 3.78. The van der Waals surface area contributed by atoms with Gasteiger partial charge in [-0.05, 0) is 91.8 Å². The summed E-state index contributed by atoms with van der Waals surface area (Å²) in [5, 5.41) is 10.9. The van der Waals surface area contributed by atoms with Crippen molar-refractivity contribution < 1.29 is 24.0 Å². The van der Waals surface area contributed by atoms with Gasteiger partial charge in [-0.15, -0.1) is 11.3 Å². The minimum atomic E-state index is -0.486. The number of rotatable bonds is 14. The summed E-state index contributed by atoms with van der Waals surface area (Å²) in [5.74, 6) is -0.255. The molecule has 216 valence electrons. The van der Waals surface area contributed by atoms with Crippen LogP contribution in [0.3, 0.4) is 0 Å². The summed E-state index contributed by atoms with van der Waals surface area (Å²) >= 11 is 1.51. The summed E-state index contributed by atoms with van der Waals surface area (Å²) < 4.78 is 10.7. The lowest BCUT2D eigenvalue weighted by Crippen LogP contribution is -2.12. The number of carbonyl (C=O) groups excluding carboxylic acids is 2. The van der Waals surface area contributed by atoms with Crippen LogP contribution >= 0.6 is 11.3 Å². The van der Waals surface area contributed by atoms with E-state index in [4.69, 9.17) is 9.47 Å². The molecule has 8 heteroatoms. The quantitative estimate of drug-likeness (QED) is 0.0825. The number of esters is 2. The number of thiophene rings is 1. The fourth-order valence-electron chi connectivity index (χ4n) is 5.34. The van der Waals surface area contributed by atoms with E-state index < -0.39 is 10.9 Å². The summed E-state index contributed by atoms with van der Waals surface area (Å²) in [6.07, 6.45) is 11.0. The standard InChI is InChI=1S/C33H37NO6S/c1-3-4-5-12-30(40-32(35)26-17-19-27(20-18-26)34(37)38)25-15-13-24(14-16-25)29-11-7-9-23(29)8-6-10-28-21-22-31(41-28)33(36)39-2/h11,13-23,30H,3-10,12H2,1-2H3/t23-,30?/m0/s1. The van der Waals surface area contributed by atoms with Gasteiger partial charge in [0, 0.05) is 17.0 Å². The highest BCUT2D eigenvalue weighted by atomic mass is 32.1. The molecule has 7 nitrogen and oxygen atoms in total. The van der Waals surface area contributed by atoms with Crippen molar-refractivity contribution in [2.24, 2.45) is 5.92 Å². The second-order valence-corrected chi connectivity index (χ2v) is 11.6. The first-order valence-electron chi connectivity index (χ1n) is 14.3. The predicted molar refractivity (Wildman–Crippen MR) is 161 cm³/mol. The highest BCUT2D eigenvalue weighted by Gasteiger charge is 2.23. The number of hydrogen-bond acceptors (Lipinski definition) is 7. The highest BCUT2D eigenvalue weighted by molar-refractivity contribution is 7.13. The van der Waals surface area contributed by atoms with Gasteiger partial charge in [-0.3, -0.25) is 10.1 Å². The Balaban J connectivity index is 1.38. The first-order valence-corrected chi connectivity index (χ1v) is 15.1. The Morgan fingerprint density at radius 2 is 1.76 bits per heavy atom. The summed E-state index contributed by atoms with van der Waals surface area (Å²) in [4.78, 5) is 36.9. The summed E-state index contributed by atoms with van der Waals surface area (Å²) in [7, 11) is 1.41. The molecule has 1 heterocycles. The molecular weight excluding hydrogens is 538 g/mol. The average Bonchev–Trinajstić information content (AvgIpc) is 3.66. The SMILES string of the molecule is CCCCCC(OC(=O)c1ccc([N+](=O)[O-])cc1)c1ccc(C2=CCC[C@@H]2CCCc2ccc(C(=O)OC)s2)cc1. The number of nitro groups is 1. The van der Waals surface area contributed by atoms with Crippen molar-refractivity contribution in [1.29, 1.82) is 0 Å². The van der Waals surface area contributed by atoms with Gasteiger partial charge in [0.25, 0.3) is 5.69 Å². The van der Waals surface area contributed by atoms with Gasteiger partial charge in [0.15, 0.2) is 0 Å². The number of nitro benzene ring substituents is 1. The number of ether oxygens (including phenoxy) is 2. The normalized spacial score (nSPS) is 15.3. The molecule has 0 bridgehead atoms. The fraction of sp³-hybridized carbons (Fsp3) is 0.394. The molecule has 0 saturated heterocycles. The topological polar surface area (TPSA) is 95.7 Å². The molecule has 0 amide bonds. The van der Waals surface area contributed by atoms with Crippen LogP contribution in [0.4, 0.5) is 5.69 Å². The molecule has 41 heavy (non-hydrogen) atoms. The monoisotopic (exact) mass is 575 g/mol. The number of nitrogens with zero attached hydrogens (tertiary/aromatic N) is 1. The largest absolute Gasteiger partial charge is 0.465 e. The molecule has 4 rings (SSSR count). The van der Waals surface area contributed by atoms with E-state index in [1.807, 2.05) is 12.1 Å². The van der Waals surface area contributed by atoms with Crippen LogP contribution in [0.15, 0.2) is 66.7 Å². The third-order valence-electron chi connectivity index (χ3n) is 7.59. The van der Waals surface area contributed by atoms with Crippen molar-refractivity contribution >= 4 is 34.5 Å². The molecular formula is C33H37NO6S. The number of carbonyl (C=O) groups is 2. The van der Waals surface area contributed by atoms with Crippen LogP contribution in [0.25, 0.3) is 5.57 Å². The summed E-state index contributed by atoms with van der Waals surface area (Å²) in [6.45, 7) is 2.14. The number of aryl methyl sites for hydroxylation is 1. The van der Waals surface area contributed by atoms with E-state index in [0.717, 1.165) is 63.4 Å². The third-order valence-corrected chi connectivity index (χ3v) is 8.72. The Hall–Kier alpha value is -3.78. The molecule has 1 aliphatic rings. The van der Waals surface area contributed by atoms with E-state index in [2.05, 4.69) is 37.3 Å². The van der Waals surface area contributed by atoms with Gasteiger partial charge in [0.05, 0.1) is 17.6 Å². The molecule has 0 spiro atoms. The number of benzene rings is 2. The molecule has 3 aromatic rings. The smallest absolute Gasteiger partial charge is 0.348 e. The Labute approximate surface area is 245 Å². The number of methoxy groups -OCH3 is 1. The molecule has 1 aliphatic carbocycles. The van der Waals surface area contributed by atoms with Crippen LogP contribution in [-0.4, -0.2) is 24.0 Å². The minimum absolute atomic E-state index is 0.0598. The van der Waals surface area contributed by atoms with Crippen molar-refractivity contribution in [1.82, 2.24) is 0 Å². The molecule has 2 atom stereocenters. The maximum atomic E-state index is 12.9. The van der Waals surface area contributed by atoms with Crippen LogP contribution in [0.1, 0.15) is 100 Å². The van der Waals surface area contributed by atoms with Crippen LogP contribution in [0.5, 0.6) is 0 Å². The van der Waals surface area contributed by atoms with Gasteiger partial charge >= 0.3 is 11.9 Å². The zero-order valence-electron chi connectivity index (χ0n) is 23.7. The average molecular weight is 576 g/mol. The van der Waals surface area contributed by atoms with Crippen LogP contribution in [0.2, 0.25) is 0 Å². The van der Waals surface area contributed by atoms with E-state index in [9.17, 15) is 19.7 Å². The Bertz CT molecular complexity index is 1360. The van der Waals surface area contributed by atoms with E-state index in [1.54, 1.807) is 0 Å². The summed E-state index contributed by atoms with van der Waals surface area (Å²) in [6, 6.07) is 17.8. The maximum Gasteiger partial charge on any atom is 0.348 e. The van der Waals surface area contributed by atoms with Crippen molar-refractivity contribution in [2.75, 3.05) is 7.11 Å². The number of unbranched alkanes of at least 4 members (excludes halogenated alkanes) is 2. The van der Waals surface area contributed by atoms with Crippen molar-refractivity contribution in [3.05, 3.63) is 103 Å². The van der Waals surface area contributed by atoms with E-state index in [1.165, 1.54) is 58.7 Å². The van der Waals surface area contributed by atoms with Crippen LogP contribution in [-0.2, 0) is 15.9 Å². The number of hydrogen-bond donors (Lipinski definition) is 0. The number of non-ortho nitro benzene ring substituents is 1. The van der Waals surface area contributed by atoms with Gasteiger partial charge in [0.1, 0.15) is 11.0 Å². The van der Waals surface area contributed by atoms with Crippen molar-refractivity contribution in [3.63, 3.8) is 0 Å². The maximum absolute atomic E-state index is 12.9. The van der Waals surface area contributed by atoms with E-state index in [0.29, 0.717) is 16.4 Å². The van der Waals surface area contributed by atoms with Crippen molar-refractivity contribution in [3.8, 4) is 0 Å². The van der Waals surface area contributed by atoms with Gasteiger partial charge < -0.3 is 9.47 Å². The van der Waals surface area contributed by atoms with Gasteiger partial charge in [-0.25, -0.2) is 9.59 Å². The molecule has 0 aliphatic heterocycles. The predicted octanol–water partition coefficient (Wildman–Crippen LogP) is 8.74. The molecule has 0 fully saturated rings.